The predicted octanol–water partition coefficient (Wildman–Crippen LogP) is 0.988. The van der Waals surface area contributed by atoms with Crippen LogP contribution >= 0.6 is 0 Å². The van der Waals surface area contributed by atoms with E-state index in [1.807, 2.05) is 23.1 Å². The van der Waals surface area contributed by atoms with Gasteiger partial charge in [-0.3, -0.25) is 14.3 Å². The van der Waals surface area contributed by atoms with E-state index in [9.17, 15) is 9.59 Å². The normalized spacial score (nSPS) is 20.2. The van der Waals surface area contributed by atoms with Crippen molar-refractivity contribution in [1.82, 2.24) is 24.2 Å². The van der Waals surface area contributed by atoms with Gasteiger partial charge in [0.2, 0.25) is 5.91 Å². The zero-order valence-electron chi connectivity index (χ0n) is 13.6. The van der Waals surface area contributed by atoms with Crippen molar-refractivity contribution in [3.63, 3.8) is 0 Å². The van der Waals surface area contributed by atoms with Gasteiger partial charge in [0.05, 0.1) is 12.2 Å². The molecule has 0 N–H and O–H groups in total. The van der Waals surface area contributed by atoms with Gasteiger partial charge in [0.25, 0.3) is 0 Å². The Morgan fingerprint density at radius 3 is 2.79 bits per heavy atom. The molecule has 0 saturated carbocycles. The highest BCUT2D eigenvalue weighted by molar-refractivity contribution is 5.80. The quantitative estimate of drug-likeness (QED) is 0.843. The van der Waals surface area contributed by atoms with E-state index in [2.05, 4.69) is 10.1 Å². The molecule has 0 aromatic carbocycles. The van der Waals surface area contributed by atoms with Crippen LogP contribution in [0.1, 0.15) is 43.2 Å². The number of hydrogen-bond acceptors (Lipinski definition) is 4. The summed E-state index contributed by atoms with van der Waals surface area (Å²) in [7, 11) is 0. The Morgan fingerprint density at radius 2 is 2.04 bits per heavy atom. The van der Waals surface area contributed by atoms with Crippen LogP contribution in [-0.4, -0.2) is 43.2 Å². The number of amides is 1. The highest BCUT2D eigenvalue weighted by Crippen LogP contribution is 2.25. The summed E-state index contributed by atoms with van der Waals surface area (Å²) < 4.78 is 3.06. The van der Waals surface area contributed by atoms with Gasteiger partial charge in [-0.1, -0.05) is 6.07 Å². The lowest BCUT2D eigenvalue weighted by molar-refractivity contribution is -0.134. The minimum Gasteiger partial charge on any atom is -0.341 e. The van der Waals surface area contributed by atoms with E-state index < -0.39 is 6.04 Å². The Morgan fingerprint density at radius 1 is 1.21 bits per heavy atom. The van der Waals surface area contributed by atoms with E-state index in [0.29, 0.717) is 6.54 Å². The van der Waals surface area contributed by atoms with Gasteiger partial charge in [0.1, 0.15) is 11.9 Å². The Balaban J connectivity index is 1.65. The molecule has 2 aliphatic rings. The summed E-state index contributed by atoms with van der Waals surface area (Å²) in [5, 5.41) is 4.46. The molecular formula is C17H21N5O2. The Hall–Kier alpha value is -2.44. The molecule has 1 saturated heterocycles. The lowest BCUT2D eigenvalue weighted by atomic mass is 10.0. The fourth-order valence-corrected chi connectivity index (χ4v) is 3.66. The van der Waals surface area contributed by atoms with Crippen LogP contribution in [0.25, 0.3) is 0 Å². The van der Waals surface area contributed by atoms with Gasteiger partial charge < -0.3 is 4.90 Å². The Kier molecular flexibility index (Phi) is 3.92. The molecule has 2 aromatic heterocycles. The van der Waals surface area contributed by atoms with Gasteiger partial charge in [0.15, 0.2) is 0 Å². The number of aryl methyl sites for hydroxylation is 1. The lowest BCUT2D eigenvalue weighted by Gasteiger charge is -2.27. The third-order valence-corrected chi connectivity index (χ3v) is 4.87. The van der Waals surface area contributed by atoms with Crippen molar-refractivity contribution >= 4 is 5.91 Å². The van der Waals surface area contributed by atoms with E-state index in [1.165, 1.54) is 4.68 Å². The number of aromatic nitrogens is 4. The zero-order valence-corrected chi connectivity index (χ0v) is 13.6. The Labute approximate surface area is 139 Å². The van der Waals surface area contributed by atoms with Crippen LogP contribution in [0.2, 0.25) is 0 Å². The van der Waals surface area contributed by atoms with E-state index in [-0.39, 0.29) is 11.6 Å². The maximum absolute atomic E-state index is 12.8. The first-order chi connectivity index (χ1) is 11.7. The van der Waals surface area contributed by atoms with Crippen molar-refractivity contribution in [2.75, 3.05) is 13.1 Å². The summed E-state index contributed by atoms with van der Waals surface area (Å²) in [5.74, 6) is 0.799. The highest BCUT2D eigenvalue weighted by atomic mass is 16.2. The van der Waals surface area contributed by atoms with Gasteiger partial charge in [-0.05, 0) is 37.8 Å². The molecule has 1 fully saturated rings. The van der Waals surface area contributed by atoms with E-state index >= 15 is 0 Å². The predicted molar refractivity (Wildman–Crippen MR) is 87.6 cm³/mol. The van der Waals surface area contributed by atoms with E-state index in [4.69, 9.17) is 0 Å². The zero-order chi connectivity index (χ0) is 16.5. The van der Waals surface area contributed by atoms with Crippen molar-refractivity contribution in [1.29, 1.82) is 0 Å². The van der Waals surface area contributed by atoms with Crippen LogP contribution in [0.4, 0.5) is 0 Å². The minimum atomic E-state index is -0.392. The van der Waals surface area contributed by atoms with Gasteiger partial charge in [-0.15, -0.1) is 0 Å². The fourth-order valence-electron chi connectivity index (χ4n) is 3.66. The second-order valence-corrected chi connectivity index (χ2v) is 6.49. The average molecular weight is 327 g/mol. The summed E-state index contributed by atoms with van der Waals surface area (Å²) in [6.07, 6.45) is 6.17. The molecular weight excluding hydrogens is 306 g/mol. The molecule has 2 aromatic rings. The highest BCUT2D eigenvalue weighted by Gasteiger charge is 2.34. The smallest absolute Gasteiger partial charge is 0.341 e. The first-order valence-corrected chi connectivity index (χ1v) is 8.61. The molecule has 7 nitrogen and oxygen atoms in total. The maximum atomic E-state index is 12.8. The van der Waals surface area contributed by atoms with E-state index in [1.54, 1.807) is 10.8 Å². The van der Waals surface area contributed by atoms with E-state index in [0.717, 1.165) is 56.7 Å². The van der Waals surface area contributed by atoms with Gasteiger partial charge in [0, 0.05) is 25.7 Å². The summed E-state index contributed by atoms with van der Waals surface area (Å²) in [6.45, 7) is 1.95. The minimum absolute atomic E-state index is 0.0768. The number of likely N-dealkylation sites (tertiary alicyclic amines) is 1. The van der Waals surface area contributed by atoms with Crippen LogP contribution in [-0.2, 0) is 17.8 Å². The van der Waals surface area contributed by atoms with Crippen LogP contribution in [0, 0.1) is 0 Å². The summed E-state index contributed by atoms with van der Waals surface area (Å²) in [6, 6.07) is 5.22. The molecule has 0 aliphatic carbocycles. The van der Waals surface area contributed by atoms with Gasteiger partial charge in [-0.2, -0.15) is 5.10 Å². The Bertz CT molecular complexity index is 789. The van der Waals surface area contributed by atoms with Crippen LogP contribution in [0.15, 0.2) is 29.2 Å². The number of carbonyl (C=O) groups is 1. The molecule has 1 amide bonds. The molecule has 2 aliphatic heterocycles. The molecule has 4 rings (SSSR count). The molecule has 4 heterocycles. The second kappa shape index (κ2) is 6.22. The maximum Gasteiger partial charge on any atom is 0.347 e. The molecule has 7 heteroatoms. The molecule has 0 radical (unpaired) electrons. The fraction of sp³-hybridized carbons (Fsp3) is 0.529. The van der Waals surface area contributed by atoms with Crippen molar-refractivity contribution in [2.24, 2.45) is 0 Å². The number of rotatable bonds is 3. The van der Waals surface area contributed by atoms with Crippen LogP contribution in [0.3, 0.4) is 0 Å². The first-order valence-electron chi connectivity index (χ1n) is 8.61. The average Bonchev–Trinajstić information content (AvgIpc) is 3.24. The summed E-state index contributed by atoms with van der Waals surface area (Å²) >= 11 is 0. The number of nitrogens with zero attached hydrogens (tertiary/aromatic N) is 5. The topological polar surface area (TPSA) is 73.0 Å². The largest absolute Gasteiger partial charge is 0.347 e. The number of hydrogen-bond donors (Lipinski definition) is 0. The SMILES string of the molecule is O=C(C1CCCc2nn(Cc3ccccn3)c(=O)n21)N1CCCC1. The molecule has 0 spiro atoms. The van der Waals surface area contributed by atoms with Crippen LogP contribution < -0.4 is 5.69 Å². The molecule has 24 heavy (non-hydrogen) atoms. The standard InChI is InChI=1S/C17H21N5O2/c23-16(20-10-3-4-11-20)14-7-5-8-15-19-21(17(24)22(14)15)12-13-6-1-2-9-18-13/h1-2,6,9,14H,3-5,7-8,10-12H2. The van der Waals surface area contributed by atoms with Crippen LogP contribution in [0.5, 0.6) is 0 Å². The molecule has 1 unspecified atom stereocenters. The molecule has 0 bridgehead atoms. The molecule has 126 valence electrons. The van der Waals surface area contributed by atoms with Crippen molar-refractivity contribution in [3.8, 4) is 0 Å². The van der Waals surface area contributed by atoms with Gasteiger partial charge >= 0.3 is 5.69 Å². The third kappa shape index (κ3) is 2.64. The number of pyridine rings is 1. The first kappa shape index (κ1) is 15.1. The third-order valence-electron chi connectivity index (χ3n) is 4.87. The number of fused-ring (bicyclic) bond motifs is 1. The van der Waals surface area contributed by atoms with Gasteiger partial charge in [-0.25, -0.2) is 9.48 Å². The molecule has 1 atom stereocenters. The van der Waals surface area contributed by atoms with Crippen molar-refractivity contribution < 1.29 is 4.79 Å². The number of carbonyl (C=O) groups excluding carboxylic acids is 1. The van der Waals surface area contributed by atoms with Crippen molar-refractivity contribution in [2.45, 2.75) is 44.7 Å². The summed E-state index contributed by atoms with van der Waals surface area (Å²) in [5.41, 5.74) is 0.588. The summed E-state index contributed by atoms with van der Waals surface area (Å²) in [4.78, 5) is 31.8. The monoisotopic (exact) mass is 327 g/mol. The van der Waals surface area contributed by atoms with Crippen molar-refractivity contribution in [3.05, 3.63) is 46.4 Å². The second-order valence-electron chi connectivity index (χ2n) is 6.49. The lowest BCUT2D eigenvalue weighted by Crippen LogP contribution is -2.41.